The standard InChI is InChI=1S/C22H27NO3/c1-2-25-22(24)20-11-7-13-23(16-20)15-19-10-6-12-21(14-19)26-17-18-8-4-3-5-9-18/h3-6,8-10,12,14,20H,2,7,11,13,15-17H2,1H3/p+1/t20-/m1/s1. The van der Waals surface area contributed by atoms with Crippen molar-refractivity contribution in [3.05, 3.63) is 65.7 Å². The molecule has 4 nitrogen and oxygen atoms in total. The quantitative estimate of drug-likeness (QED) is 0.777. The topological polar surface area (TPSA) is 40.0 Å². The van der Waals surface area contributed by atoms with E-state index in [0.29, 0.717) is 13.2 Å². The number of carbonyl (C=O) groups is 1. The van der Waals surface area contributed by atoms with Crippen LogP contribution in [0.1, 0.15) is 30.9 Å². The SMILES string of the molecule is CCOC(=O)[C@@H]1CCC[NH+](Cc2cccc(OCc3ccccc3)c2)C1. The highest BCUT2D eigenvalue weighted by Crippen LogP contribution is 2.16. The third-order valence-corrected chi connectivity index (χ3v) is 4.84. The summed E-state index contributed by atoms with van der Waals surface area (Å²) in [6.07, 6.45) is 2.02. The average molecular weight is 354 g/mol. The Kier molecular flexibility index (Phi) is 6.67. The summed E-state index contributed by atoms with van der Waals surface area (Å²) in [6, 6.07) is 18.5. The second-order valence-electron chi connectivity index (χ2n) is 6.89. The molecule has 0 saturated carbocycles. The first-order valence-corrected chi connectivity index (χ1v) is 9.50. The fourth-order valence-corrected chi connectivity index (χ4v) is 3.55. The van der Waals surface area contributed by atoms with Crippen molar-refractivity contribution in [2.24, 2.45) is 5.92 Å². The predicted molar refractivity (Wildman–Crippen MR) is 101 cm³/mol. The lowest BCUT2D eigenvalue weighted by Gasteiger charge is -2.28. The molecule has 1 unspecified atom stereocenters. The van der Waals surface area contributed by atoms with Crippen molar-refractivity contribution in [3.63, 3.8) is 0 Å². The van der Waals surface area contributed by atoms with Crippen LogP contribution in [-0.4, -0.2) is 25.7 Å². The van der Waals surface area contributed by atoms with Gasteiger partial charge in [-0.15, -0.1) is 0 Å². The van der Waals surface area contributed by atoms with Crippen LogP contribution in [0.2, 0.25) is 0 Å². The van der Waals surface area contributed by atoms with Crippen LogP contribution in [0, 0.1) is 5.92 Å². The van der Waals surface area contributed by atoms with E-state index in [1.54, 1.807) is 0 Å². The Hall–Kier alpha value is -2.33. The monoisotopic (exact) mass is 354 g/mol. The average Bonchev–Trinajstić information content (AvgIpc) is 2.68. The molecule has 4 heteroatoms. The molecular formula is C22H28NO3+. The van der Waals surface area contributed by atoms with Gasteiger partial charge in [0.15, 0.2) is 0 Å². The first kappa shape index (κ1) is 18.5. The summed E-state index contributed by atoms with van der Waals surface area (Å²) in [4.78, 5) is 13.5. The highest BCUT2D eigenvalue weighted by atomic mass is 16.5. The van der Waals surface area contributed by atoms with E-state index in [0.717, 1.165) is 43.8 Å². The summed E-state index contributed by atoms with van der Waals surface area (Å²) in [5, 5.41) is 0. The summed E-state index contributed by atoms with van der Waals surface area (Å²) >= 11 is 0. The minimum Gasteiger partial charge on any atom is -0.489 e. The first-order chi connectivity index (χ1) is 12.7. The number of carbonyl (C=O) groups excluding carboxylic acids is 1. The van der Waals surface area contributed by atoms with Gasteiger partial charge in [0.25, 0.3) is 0 Å². The van der Waals surface area contributed by atoms with E-state index in [4.69, 9.17) is 9.47 Å². The molecule has 1 fully saturated rings. The lowest BCUT2D eigenvalue weighted by molar-refractivity contribution is -0.921. The summed E-state index contributed by atoms with van der Waals surface area (Å²) in [5.74, 6) is 0.894. The Morgan fingerprint density at radius 2 is 1.92 bits per heavy atom. The maximum Gasteiger partial charge on any atom is 0.314 e. The van der Waals surface area contributed by atoms with Gasteiger partial charge >= 0.3 is 5.97 Å². The molecule has 138 valence electrons. The lowest BCUT2D eigenvalue weighted by atomic mass is 9.97. The Bertz CT molecular complexity index is 702. The second-order valence-corrected chi connectivity index (χ2v) is 6.89. The number of nitrogens with one attached hydrogen (secondary N) is 1. The van der Waals surface area contributed by atoms with E-state index in [1.807, 2.05) is 37.3 Å². The van der Waals surface area contributed by atoms with E-state index >= 15 is 0 Å². The van der Waals surface area contributed by atoms with Gasteiger partial charge in [0.05, 0.1) is 19.7 Å². The van der Waals surface area contributed by atoms with Crippen LogP contribution in [0.25, 0.3) is 0 Å². The molecule has 3 rings (SSSR count). The molecule has 0 bridgehead atoms. The molecule has 2 aromatic rings. The largest absolute Gasteiger partial charge is 0.489 e. The third kappa shape index (κ3) is 5.33. The maximum absolute atomic E-state index is 12.0. The van der Waals surface area contributed by atoms with Crippen molar-refractivity contribution >= 4 is 5.97 Å². The number of ether oxygens (including phenoxy) is 2. The molecule has 0 aromatic heterocycles. The number of rotatable bonds is 7. The van der Waals surface area contributed by atoms with Crippen LogP contribution in [-0.2, 0) is 22.7 Å². The Balaban J connectivity index is 1.55. The van der Waals surface area contributed by atoms with Gasteiger partial charge in [-0.25, -0.2) is 0 Å². The molecule has 1 aliphatic rings. The molecule has 0 amide bonds. The number of quaternary nitrogens is 1. The minimum atomic E-state index is -0.0374. The van der Waals surface area contributed by atoms with E-state index in [-0.39, 0.29) is 11.9 Å². The van der Waals surface area contributed by atoms with Crippen LogP contribution < -0.4 is 9.64 Å². The summed E-state index contributed by atoms with van der Waals surface area (Å²) in [5.41, 5.74) is 2.41. The lowest BCUT2D eigenvalue weighted by Crippen LogP contribution is -3.12. The maximum atomic E-state index is 12.0. The molecular weight excluding hydrogens is 326 g/mol. The molecule has 26 heavy (non-hydrogen) atoms. The molecule has 2 atom stereocenters. The number of esters is 1. The zero-order valence-corrected chi connectivity index (χ0v) is 15.4. The van der Waals surface area contributed by atoms with Crippen LogP contribution in [0.5, 0.6) is 5.75 Å². The summed E-state index contributed by atoms with van der Waals surface area (Å²) in [6.45, 7) is 5.78. The fraction of sp³-hybridized carbons (Fsp3) is 0.409. The molecule has 1 saturated heterocycles. The fourth-order valence-electron chi connectivity index (χ4n) is 3.55. The van der Waals surface area contributed by atoms with Gasteiger partial charge in [-0.2, -0.15) is 0 Å². The highest BCUT2D eigenvalue weighted by Gasteiger charge is 2.29. The molecule has 0 aliphatic carbocycles. The Morgan fingerprint density at radius 1 is 1.12 bits per heavy atom. The highest BCUT2D eigenvalue weighted by molar-refractivity contribution is 5.72. The van der Waals surface area contributed by atoms with Crippen molar-refractivity contribution < 1.29 is 19.2 Å². The van der Waals surface area contributed by atoms with E-state index in [1.165, 1.54) is 10.5 Å². The number of hydrogen-bond donors (Lipinski definition) is 1. The van der Waals surface area contributed by atoms with Crippen LogP contribution in [0.4, 0.5) is 0 Å². The molecule has 0 radical (unpaired) electrons. The number of piperidine rings is 1. The van der Waals surface area contributed by atoms with E-state index < -0.39 is 0 Å². The summed E-state index contributed by atoms with van der Waals surface area (Å²) in [7, 11) is 0. The smallest absolute Gasteiger partial charge is 0.314 e. The zero-order chi connectivity index (χ0) is 18.2. The van der Waals surface area contributed by atoms with Crippen LogP contribution in [0.3, 0.4) is 0 Å². The van der Waals surface area contributed by atoms with E-state index in [2.05, 4.69) is 24.3 Å². The number of hydrogen-bond acceptors (Lipinski definition) is 3. The Labute approximate surface area is 155 Å². The van der Waals surface area contributed by atoms with Crippen molar-refractivity contribution in [2.45, 2.75) is 32.9 Å². The van der Waals surface area contributed by atoms with Crippen molar-refractivity contribution in [1.82, 2.24) is 0 Å². The predicted octanol–water partition coefficient (Wildman–Crippen LogP) is 2.62. The van der Waals surface area contributed by atoms with Crippen molar-refractivity contribution in [1.29, 1.82) is 0 Å². The van der Waals surface area contributed by atoms with Gasteiger partial charge in [-0.1, -0.05) is 42.5 Å². The Morgan fingerprint density at radius 3 is 2.73 bits per heavy atom. The van der Waals surface area contributed by atoms with Gasteiger partial charge < -0.3 is 14.4 Å². The van der Waals surface area contributed by atoms with Crippen LogP contribution >= 0.6 is 0 Å². The van der Waals surface area contributed by atoms with Crippen molar-refractivity contribution in [3.8, 4) is 5.75 Å². The second kappa shape index (κ2) is 9.39. The molecule has 0 spiro atoms. The molecule has 1 aliphatic heterocycles. The van der Waals surface area contributed by atoms with Gasteiger partial charge in [0.2, 0.25) is 0 Å². The first-order valence-electron chi connectivity index (χ1n) is 9.50. The number of likely N-dealkylation sites (tertiary alicyclic amines) is 1. The molecule has 1 heterocycles. The van der Waals surface area contributed by atoms with E-state index in [9.17, 15) is 4.79 Å². The van der Waals surface area contributed by atoms with Gasteiger partial charge in [-0.3, -0.25) is 4.79 Å². The summed E-state index contributed by atoms with van der Waals surface area (Å²) < 4.78 is 11.1. The number of benzene rings is 2. The molecule has 2 aromatic carbocycles. The molecule has 1 N–H and O–H groups in total. The van der Waals surface area contributed by atoms with Gasteiger partial charge in [0.1, 0.15) is 24.8 Å². The van der Waals surface area contributed by atoms with Gasteiger partial charge in [0, 0.05) is 5.56 Å². The third-order valence-electron chi connectivity index (χ3n) is 4.84. The van der Waals surface area contributed by atoms with Gasteiger partial charge in [-0.05, 0) is 37.5 Å². The van der Waals surface area contributed by atoms with Crippen LogP contribution in [0.15, 0.2) is 54.6 Å². The normalized spacial score (nSPS) is 19.7. The zero-order valence-electron chi connectivity index (χ0n) is 15.4. The van der Waals surface area contributed by atoms with Crippen molar-refractivity contribution in [2.75, 3.05) is 19.7 Å². The minimum absolute atomic E-state index is 0.0374.